The van der Waals surface area contributed by atoms with Gasteiger partial charge in [0.15, 0.2) is 10.8 Å². The van der Waals surface area contributed by atoms with Crippen molar-refractivity contribution in [3.05, 3.63) is 52.2 Å². The number of benzene rings is 1. The first-order valence-corrected chi connectivity index (χ1v) is 11.7. The normalized spacial score (nSPS) is 19.6. The van der Waals surface area contributed by atoms with E-state index < -0.39 is 40.9 Å². The minimum Gasteiger partial charge on any atom is -0.489 e. The molecule has 6 N–H and O–H groups in total. The molecule has 0 saturated carbocycles. The molecule has 0 spiro atoms. The van der Waals surface area contributed by atoms with Crippen LogP contribution < -0.4 is 15.8 Å². The number of aliphatic carboxylic acids is 1. The number of rotatable bonds is 8. The molecule has 0 radical (unpaired) electrons. The van der Waals surface area contributed by atoms with Crippen molar-refractivity contribution >= 4 is 57.7 Å². The molecule has 0 bridgehead atoms. The molecule has 1 fully saturated rings. The summed E-state index contributed by atoms with van der Waals surface area (Å²) >= 11 is 2.27. The van der Waals surface area contributed by atoms with Crippen LogP contribution in [0.1, 0.15) is 16.1 Å². The molecule has 15 heteroatoms. The Balaban J connectivity index is 1.46. The summed E-state index contributed by atoms with van der Waals surface area (Å²) in [4.78, 5) is 53.2. The number of amides is 2. The molecule has 2 atom stereocenters. The maximum atomic E-state index is 12.8. The number of carbonyl (C=O) groups excluding carboxylic acids is 2. The topological polar surface area (TPSA) is 205 Å². The van der Waals surface area contributed by atoms with Crippen LogP contribution in [0.3, 0.4) is 0 Å². The van der Waals surface area contributed by atoms with Gasteiger partial charge in [-0.1, -0.05) is 5.16 Å². The highest BCUT2D eigenvalue weighted by Gasteiger charge is 2.54. The van der Waals surface area contributed by atoms with E-state index in [9.17, 15) is 29.5 Å². The molecule has 182 valence electrons. The Morgan fingerprint density at radius 3 is 2.51 bits per heavy atom. The third-order valence-electron chi connectivity index (χ3n) is 5.13. The fourth-order valence-corrected chi connectivity index (χ4v) is 5.35. The lowest BCUT2D eigenvalue weighted by Gasteiger charge is -2.49. The number of oxime groups is 1. The number of carboxylic acids is 2. The van der Waals surface area contributed by atoms with Crippen LogP contribution in [0.5, 0.6) is 5.75 Å². The zero-order chi connectivity index (χ0) is 25.3. The van der Waals surface area contributed by atoms with E-state index in [0.717, 1.165) is 16.2 Å². The fraction of sp³-hybridized carbons (Fsp3) is 0.200. The smallest absolute Gasteiger partial charge is 0.352 e. The highest BCUT2D eigenvalue weighted by molar-refractivity contribution is 8.00. The number of thioether (sulfide) groups is 1. The van der Waals surface area contributed by atoms with Crippen LogP contribution in [0.15, 0.2) is 46.1 Å². The van der Waals surface area contributed by atoms with Crippen molar-refractivity contribution in [2.45, 2.75) is 11.4 Å². The monoisotopic (exact) mass is 519 g/mol. The number of β-lactam (4-membered cyclic amide) rings is 1. The number of anilines is 1. The lowest BCUT2D eigenvalue weighted by Crippen LogP contribution is -2.71. The lowest BCUT2D eigenvalue weighted by molar-refractivity contribution is -0.150. The van der Waals surface area contributed by atoms with Crippen LogP contribution in [0, 0.1) is 0 Å². The van der Waals surface area contributed by atoms with Crippen molar-refractivity contribution in [1.82, 2.24) is 15.2 Å². The number of hydrogen-bond acceptors (Lipinski definition) is 11. The molecule has 1 saturated heterocycles. The second-order valence-corrected chi connectivity index (χ2v) is 9.25. The van der Waals surface area contributed by atoms with Gasteiger partial charge in [-0.05, 0) is 24.3 Å². The summed E-state index contributed by atoms with van der Waals surface area (Å²) in [7, 11) is 0. The van der Waals surface area contributed by atoms with Crippen molar-refractivity contribution in [3.8, 4) is 5.75 Å². The number of fused-ring (bicyclic) bond motifs is 1. The van der Waals surface area contributed by atoms with E-state index in [1.165, 1.54) is 41.4 Å². The van der Waals surface area contributed by atoms with E-state index in [1.807, 2.05) is 0 Å². The molecule has 1 aromatic heterocycles. The van der Waals surface area contributed by atoms with Gasteiger partial charge in [0, 0.05) is 16.7 Å². The first kappa shape index (κ1) is 24.0. The second-order valence-electron chi connectivity index (χ2n) is 7.26. The molecule has 2 aliphatic heterocycles. The summed E-state index contributed by atoms with van der Waals surface area (Å²) < 4.78 is 5.60. The van der Waals surface area contributed by atoms with Crippen LogP contribution in [-0.2, 0) is 14.4 Å². The van der Waals surface area contributed by atoms with Gasteiger partial charge in [0.25, 0.3) is 11.8 Å². The van der Waals surface area contributed by atoms with Crippen molar-refractivity contribution in [2.75, 3.05) is 18.1 Å². The number of nitrogen functional groups attached to an aromatic ring is 1. The van der Waals surface area contributed by atoms with E-state index in [0.29, 0.717) is 11.3 Å². The van der Waals surface area contributed by atoms with Gasteiger partial charge in [-0.25, -0.2) is 14.6 Å². The number of aromatic carboxylic acids is 1. The van der Waals surface area contributed by atoms with Crippen LogP contribution in [0.4, 0.5) is 5.13 Å². The number of nitrogens with two attached hydrogens (primary N) is 1. The largest absolute Gasteiger partial charge is 0.489 e. The Hall–Kier alpha value is -4.11. The van der Waals surface area contributed by atoms with Gasteiger partial charge >= 0.3 is 11.9 Å². The predicted molar refractivity (Wildman–Crippen MR) is 123 cm³/mol. The second kappa shape index (κ2) is 9.63. The number of carbonyl (C=O) groups is 4. The van der Waals surface area contributed by atoms with Crippen LogP contribution in [0.25, 0.3) is 0 Å². The Morgan fingerprint density at radius 2 is 1.94 bits per heavy atom. The average Bonchev–Trinajstić information content (AvgIpc) is 3.26. The summed E-state index contributed by atoms with van der Waals surface area (Å²) in [5.74, 6) is -3.39. The van der Waals surface area contributed by atoms with E-state index in [2.05, 4.69) is 15.5 Å². The quantitative estimate of drug-likeness (QED) is 0.140. The molecule has 3 heterocycles. The zero-order valence-electron chi connectivity index (χ0n) is 17.6. The highest BCUT2D eigenvalue weighted by Crippen LogP contribution is 2.40. The molecule has 0 aliphatic carbocycles. The summed E-state index contributed by atoms with van der Waals surface area (Å²) in [5, 5.41) is 34.2. The van der Waals surface area contributed by atoms with Gasteiger partial charge in [0.05, 0.1) is 5.56 Å². The van der Waals surface area contributed by atoms with Crippen molar-refractivity contribution in [2.24, 2.45) is 5.16 Å². The summed E-state index contributed by atoms with van der Waals surface area (Å²) in [5.41, 5.74) is 5.32. The number of hydrogen-bond donors (Lipinski definition) is 5. The number of ether oxygens (including phenoxy) is 1. The minimum absolute atomic E-state index is 0.0365. The molecule has 2 aliphatic rings. The van der Waals surface area contributed by atoms with Gasteiger partial charge in [-0.15, -0.1) is 23.1 Å². The Morgan fingerprint density at radius 1 is 1.23 bits per heavy atom. The Kier molecular flexibility index (Phi) is 6.61. The van der Waals surface area contributed by atoms with Gasteiger partial charge < -0.3 is 31.2 Å². The first-order valence-electron chi connectivity index (χ1n) is 9.81. The highest BCUT2D eigenvalue weighted by atomic mass is 32.2. The van der Waals surface area contributed by atoms with Crippen LogP contribution in [-0.4, -0.2) is 78.5 Å². The molecule has 2 aromatic rings. The molecule has 1 unspecified atom stereocenters. The Labute approximate surface area is 204 Å². The van der Waals surface area contributed by atoms with Gasteiger partial charge in [-0.2, -0.15) is 0 Å². The van der Waals surface area contributed by atoms with Crippen molar-refractivity contribution < 1.29 is 39.3 Å². The molecule has 13 nitrogen and oxygen atoms in total. The van der Waals surface area contributed by atoms with Gasteiger partial charge in [-0.3, -0.25) is 14.5 Å². The van der Waals surface area contributed by atoms with E-state index in [-0.39, 0.29) is 34.4 Å². The first-order chi connectivity index (χ1) is 16.7. The van der Waals surface area contributed by atoms with E-state index >= 15 is 0 Å². The average molecular weight is 520 g/mol. The SMILES string of the molecule is Nc1nc(/C(=N/O)C(=O)NC2C(=O)N3C(C(=O)O)=C(COc4ccc(C(=O)O)cc4)CS[C@H]23)cs1. The van der Waals surface area contributed by atoms with Crippen molar-refractivity contribution in [3.63, 3.8) is 0 Å². The van der Waals surface area contributed by atoms with Crippen LogP contribution >= 0.6 is 23.1 Å². The van der Waals surface area contributed by atoms with Crippen molar-refractivity contribution in [1.29, 1.82) is 0 Å². The third kappa shape index (κ3) is 4.63. The van der Waals surface area contributed by atoms with Gasteiger partial charge in [0.1, 0.15) is 35.2 Å². The molecule has 2 amide bonds. The Bertz CT molecular complexity index is 1270. The lowest BCUT2D eigenvalue weighted by atomic mass is 10.0. The molecular formula is C20H17N5O8S2. The number of aromatic nitrogens is 1. The molecule has 1 aromatic carbocycles. The van der Waals surface area contributed by atoms with E-state index in [1.54, 1.807) is 0 Å². The molecule has 4 rings (SSSR count). The number of carboxylic acid groups (broad SMARTS) is 2. The fourth-order valence-electron chi connectivity index (χ4n) is 3.48. The summed E-state index contributed by atoms with van der Waals surface area (Å²) in [6, 6.07) is 4.55. The minimum atomic E-state index is -1.33. The zero-order valence-corrected chi connectivity index (χ0v) is 19.2. The van der Waals surface area contributed by atoms with Gasteiger partial charge in [0.2, 0.25) is 0 Å². The standard InChI is InChI=1S/C20H17N5O8S2/c21-20-22-11(7-35-20)12(24-32)15(26)23-13-16(27)25-14(19(30)31)9(6-34-17(13)25)5-33-10-3-1-8(2-4-10)18(28)29/h1-4,7,13,17,32H,5-6H2,(H2,21,22)(H,23,26)(H,28,29)(H,30,31)/b24-12-/t13?,17-/m1/s1. The molecule has 35 heavy (non-hydrogen) atoms. The predicted octanol–water partition coefficient (Wildman–Crippen LogP) is 0.419. The summed E-state index contributed by atoms with van der Waals surface area (Å²) in [6.45, 7) is -0.138. The summed E-state index contributed by atoms with van der Waals surface area (Å²) in [6.07, 6.45) is 0. The maximum absolute atomic E-state index is 12.8. The van der Waals surface area contributed by atoms with Crippen LogP contribution in [0.2, 0.25) is 0 Å². The van der Waals surface area contributed by atoms with E-state index in [4.69, 9.17) is 15.6 Å². The molecular weight excluding hydrogens is 502 g/mol. The number of nitrogens with zero attached hydrogens (tertiary/aromatic N) is 3. The number of thiazole rings is 1. The number of nitrogens with one attached hydrogen (secondary N) is 1. The maximum Gasteiger partial charge on any atom is 0.352 e. The third-order valence-corrected chi connectivity index (χ3v) is 7.14.